The number of imide groups is 1. The van der Waals surface area contributed by atoms with Crippen LogP contribution in [-0.2, 0) is 4.79 Å². The Morgan fingerprint density at radius 3 is 2.56 bits per heavy atom. The van der Waals surface area contributed by atoms with E-state index in [4.69, 9.17) is 5.73 Å². The molecule has 0 spiro atoms. The molecule has 94 valence electrons. The largest absolute Gasteiger partial charge is 0.392 e. The number of rotatable bonds is 3. The van der Waals surface area contributed by atoms with Crippen LogP contribution in [0, 0.1) is 5.82 Å². The molecule has 2 rings (SSSR count). The molecule has 0 aromatic heterocycles. The zero-order valence-electron chi connectivity index (χ0n) is 9.22. The van der Waals surface area contributed by atoms with Gasteiger partial charge in [-0.2, -0.15) is 0 Å². The second kappa shape index (κ2) is 4.69. The van der Waals surface area contributed by atoms with Gasteiger partial charge in [0.15, 0.2) is 0 Å². The number of urea groups is 1. The van der Waals surface area contributed by atoms with Crippen molar-refractivity contribution in [2.45, 2.75) is 6.04 Å². The Labute approximate surface area is 108 Å². The Bertz CT molecular complexity index is 518. The molecular formula is C11H10FN3O2S. The number of benzene rings is 1. The number of halogens is 1. The molecule has 3 amide bonds. The van der Waals surface area contributed by atoms with Crippen molar-refractivity contribution in [1.29, 1.82) is 0 Å². The van der Waals surface area contributed by atoms with Crippen LogP contribution in [0.15, 0.2) is 24.3 Å². The third-order valence-electron chi connectivity index (χ3n) is 2.54. The van der Waals surface area contributed by atoms with E-state index in [9.17, 15) is 14.0 Å². The second-order valence-corrected chi connectivity index (χ2v) is 4.35. The highest BCUT2D eigenvalue weighted by molar-refractivity contribution is 7.80. The van der Waals surface area contributed by atoms with Crippen LogP contribution in [0.4, 0.5) is 9.18 Å². The quantitative estimate of drug-likeness (QED) is 0.624. The average Bonchev–Trinajstić information content (AvgIpc) is 2.58. The van der Waals surface area contributed by atoms with Gasteiger partial charge < -0.3 is 11.1 Å². The molecule has 3 N–H and O–H groups in total. The molecule has 0 saturated carbocycles. The van der Waals surface area contributed by atoms with Gasteiger partial charge in [0.1, 0.15) is 11.9 Å². The summed E-state index contributed by atoms with van der Waals surface area (Å²) < 4.78 is 12.8. The predicted molar refractivity (Wildman–Crippen MR) is 66.2 cm³/mol. The summed E-state index contributed by atoms with van der Waals surface area (Å²) in [6, 6.07) is 3.98. The fourth-order valence-electron chi connectivity index (χ4n) is 1.71. The van der Waals surface area contributed by atoms with Crippen molar-refractivity contribution in [2.75, 3.05) is 6.54 Å². The van der Waals surface area contributed by atoms with Gasteiger partial charge in [-0.25, -0.2) is 9.18 Å². The summed E-state index contributed by atoms with van der Waals surface area (Å²) >= 11 is 4.66. The Morgan fingerprint density at radius 2 is 2.00 bits per heavy atom. The maximum atomic E-state index is 12.8. The number of nitrogens with two attached hydrogens (primary N) is 1. The summed E-state index contributed by atoms with van der Waals surface area (Å²) in [4.78, 5) is 24.5. The second-order valence-electron chi connectivity index (χ2n) is 3.82. The lowest BCUT2D eigenvalue weighted by Crippen LogP contribution is -2.37. The average molecular weight is 267 g/mol. The standard InChI is InChI=1S/C11H10FN3O2S/c12-7-3-1-6(2-4-7)9-10(16)15(5-8(13)18)11(17)14-9/h1-4,9H,5H2,(H2,13,18)(H,14,17). The van der Waals surface area contributed by atoms with Gasteiger partial charge in [0, 0.05) is 0 Å². The number of nitrogens with zero attached hydrogens (tertiary/aromatic N) is 1. The van der Waals surface area contributed by atoms with E-state index in [1.54, 1.807) is 0 Å². The molecule has 7 heteroatoms. The van der Waals surface area contributed by atoms with Crippen LogP contribution in [0.25, 0.3) is 0 Å². The minimum Gasteiger partial charge on any atom is -0.392 e. The number of carbonyl (C=O) groups is 2. The number of nitrogens with one attached hydrogen (secondary N) is 1. The van der Waals surface area contributed by atoms with Gasteiger partial charge in [-0.15, -0.1) is 0 Å². The predicted octanol–water partition coefficient (Wildman–Crippen LogP) is 0.705. The van der Waals surface area contributed by atoms with Crippen molar-refractivity contribution in [1.82, 2.24) is 10.2 Å². The smallest absolute Gasteiger partial charge is 0.325 e. The summed E-state index contributed by atoms with van der Waals surface area (Å²) in [7, 11) is 0. The van der Waals surface area contributed by atoms with E-state index < -0.39 is 23.8 Å². The third kappa shape index (κ3) is 2.30. The first kappa shape index (κ1) is 12.4. The van der Waals surface area contributed by atoms with Gasteiger partial charge in [0.25, 0.3) is 5.91 Å². The van der Waals surface area contributed by atoms with Crippen LogP contribution in [0.1, 0.15) is 11.6 Å². The van der Waals surface area contributed by atoms with Gasteiger partial charge in [-0.3, -0.25) is 9.69 Å². The summed E-state index contributed by atoms with van der Waals surface area (Å²) in [5.41, 5.74) is 5.82. The molecule has 0 aliphatic carbocycles. The third-order valence-corrected chi connectivity index (χ3v) is 2.67. The fraction of sp³-hybridized carbons (Fsp3) is 0.182. The summed E-state index contributed by atoms with van der Waals surface area (Å²) in [6.45, 7) is -0.0995. The summed E-state index contributed by atoms with van der Waals surface area (Å²) in [5, 5.41) is 2.49. The highest BCUT2D eigenvalue weighted by atomic mass is 32.1. The molecule has 1 aliphatic rings. The number of hydrogen-bond acceptors (Lipinski definition) is 3. The lowest BCUT2D eigenvalue weighted by atomic mass is 10.1. The van der Waals surface area contributed by atoms with E-state index in [2.05, 4.69) is 17.5 Å². The van der Waals surface area contributed by atoms with E-state index in [0.29, 0.717) is 5.56 Å². The fourth-order valence-corrected chi connectivity index (χ4v) is 1.83. The van der Waals surface area contributed by atoms with Crippen LogP contribution in [0.3, 0.4) is 0 Å². The first-order chi connectivity index (χ1) is 8.49. The van der Waals surface area contributed by atoms with Crippen molar-refractivity contribution in [3.63, 3.8) is 0 Å². The zero-order chi connectivity index (χ0) is 13.3. The lowest BCUT2D eigenvalue weighted by Gasteiger charge is -2.11. The molecule has 1 heterocycles. The molecule has 1 fully saturated rings. The monoisotopic (exact) mass is 267 g/mol. The van der Waals surface area contributed by atoms with Crippen LogP contribution in [-0.4, -0.2) is 28.4 Å². The maximum Gasteiger partial charge on any atom is 0.325 e. The molecule has 1 atom stereocenters. The van der Waals surface area contributed by atoms with Gasteiger partial charge in [0.2, 0.25) is 0 Å². The molecule has 0 radical (unpaired) electrons. The highest BCUT2D eigenvalue weighted by Gasteiger charge is 2.38. The Balaban J connectivity index is 2.22. The number of thiocarbonyl (C=S) groups is 1. The van der Waals surface area contributed by atoms with Gasteiger partial charge in [0.05, 0.1) is 11.5 Å². The molecular weight excluding hydrogens is 257 g/mol. The first-order valence-corrected chi connectivity index (χ1v) is 5.55. The molecule has 5 nitrogen and oxygen atoms in total. The molecule has 1 aromatic rings. The van der Waals surface area contributed by atoms with Crippen LogP contribution in [0.5, 0.6) is 0 Å². The van der Waals surface area contributed by atoms with E-state index in [1.165, 1.54) is 24.3 Å². The number of hydrogen-bond donors (Lipinski definition) is 2. The van der Waals surface area contributed by atoms with Crippen molar-refractivity contribution < 1.29 is 14.0 Å². The number of amides is 3. The topological polar surface area (TPSA) is 75.4 Å². The van der Waals surface area contributed by atoms with Gasteiger partial charge in [-0.05, 0) is 17.7 Å². The SMILES string of the molecule is NC(=S)CN1C(=O)NC(c2ccc(F)cc2)C1=O. The molecule has 0 bridgehead atoms. The minimum absolute atomic E-state index is 0.0539. The molecule has 1 aliphatic heterocycles. The first-order valence-electron chi connectivity index (χ1n) is 5.14. The minimum atomic E-state index is -0.813. The van der Waals surface area contributed by atoms with Crippen molar-refractivity contribution in [2.24, 2.45) is 5.73 Å². The molecule has 1 aromatic carbocycles. The van der Waals surface area contributed by atoms with Crippen LogP contribution >= 0.6 is 12.2 Å². The Hall–Kier alpha value is -2.02. The molecule has 18 heavy (non-hydrogen) atoms. The normalized spacial score (nSPS) is 18.9. The summed E-state index contributed by atoms with van der Waals surface area (Å²) in [6.07, 6.45) is 0. The molecule has 1 saturated heterocycles. The zero-order valence-corrected chi connectivity index (χ0v) is 10.0. The highest BCUT2D eigenvalue weighted by Crippen LogP contribution is 2.21. The van der Waals surface area contributed by atoms with E-state index in [-0.39, 0.29) is 11.5 Å². The maximum absolute atomic E-state index is 12.8. The van der Waals surface area contributed by atoms with Gasteiger partial charge in [-0.1, -0.05) is 24.4 Å². The molecule has 1 unspecified atom stereocenters. The van der Waals surface area contributed by atoms with Crippen LogP contribution in [0.2, 0.25) is 0 Å². The van der Waals surface area contributed by atoms with E-state index in [0.717, 1.165) is 4.90 Å². The van der Waals surface area contributed by atoms with Crippen molar-refractivity contribution in [3.8, 4) is 0 Å². The Morgan fingerprint density at radius 1 is 1.39 bits per heavy atom. The van der Waals surface area contributed by atoms with Crippen molar-refractivity contribution in [3.05, 3.63) is 35.6 Å². The Kier molecular flexibility index (Phi) is 3.24. The van der Waals surface area contributed by atoms with Crippen LogP contribution < -0.4 is 11.1 Å². The van der Waals surface area contributed by atoms with Gasteiger partial charge >= 0.3 is 6.03 Å². The van der Waals surface area contributed by atoms with E-state index in [1.807, 2.05) is 0 Å². The summed E-state index contributed by atoms with van der Waals surface area (Å²) in [5.74, 6) is -0.852. The van der Waals surface area contributed by atoms with Crippen molar-refractivity contribution >= 4 is 29.1 Å². The van der Waals surface area contributed by atoms with E-state index >= 15 is 0 Å². The lowest BCUT2D eigenvalue weighted by molar-refractivity contribution is -0.127. The number of carbonyl (C=O) groups excluding carboxylic acids is 2.